The summed E-state index contributed by atoms with van der Waals surface area (Å²) in [4.78, 5) is 0. The molecule has 1 rings (SSSR count). The molecule has 0 aromatic heterocycles. The number of nitrogens with two attached hydrogens (primary N) is 1. The van der Waals surface area contributed by atoms with Gasteiger partial charge < -0.3 is 20.4 Å². The maximum absolute atomic E-state index is 12.7. The Hall–Kier alpha value is -2.12. The number of hydrogen-bond donors (Lipinski definition) is 2. The molecule has 0 amide bonds. The van der Waals surface area contributed by atoms with Gasteiger partial charge in [0, 0.05) is 0 Å². The molecule has 20 heavy (non-hydrogen) atoms. The van der Waals surface area contributed by atoms with Crippen molar-refractivity contribution in [2.75, 3.05) is 13.7 Å². The van der Waals surface area contributed by atoms with E-state index < -0.39 is 24.5 Å². The van der Waals surface area contributed by atoms with Crippen molar-refractivity contribution in [2.45, 2.75) is 13.1 Å². The number of halogens is 3. The van der Waals surface area contributed by atoms with Gasteiger partial charge in [0.05, 0.1) is 7.11 Å². The number of aryl methyl sites for hydroxylation is 1. The van der Waals surface area contributed by atoms with Crippen molar-refractivity contribution in [3.8, 4) is 11.5 Å². The predicted octanol–water partition coefficient (Wildman–Crippen LogP) is 2.31. The zero-order valence-electron chi connectivity index (χ0n) is 10.9. The summed E-state index contributed by atoms with van der Waals surface area (Å²) >= 11 is 0. The van der Waals surface area contributed by atoms with Gasteiger partial charge in [-0.15, -0.1) is 0 Å². The largest absolute Gasteiger partial charge is 0.493 e. The summed E-state index contributed by atoms with van der Waals surface area (Å²) in [6, 6.07) is 4.79. The third kappa shape index (κ3) is 3.94. The fourth-order valence-corrected chi connectivity index (χ4v) is 1.48. The molecular formula is C12H15F3N2O3. The summed E-state index contributed by atoms with van der Waals surface area (Å²) in [6.45, 7) is 1.00. The van der Waals surface area contributed by atoms with Gasteiger partial charge in [-0.25, -0.2) is 0 Å². The number of oxime groups is 1. The minimum atomic E-state index is -4.67. The van der Waals surface area contributed by atoms with Gasteiger partial charge in [-0.3, -0.25) is 0 Å². The van der Waals surface area contributed by atoms with Crippen LogP contribution < -0.4 is 15.2 Å². The number of amidine groups is 1. The van der Waals surface area contributed by atoms with Crippen LogP contribution in [0, 0.1) is 12.8 Å². The van der Waals surface area contributed by atoms with Crippen LogP contribution in [0.25, 0.3) is 0 Å². The minimum Gasteiger partial charge on any atom is -0.493 e. The molecule has 5 nitrogen and oxygen atoms in total. The van der Waals surface area contributed by atoms with Gasteiger partial charge in [-0.2, -0.15) is 13.2 Å². The molecule has 1 unspecified atom stereocenters. The van der Waals surface area contributed by atoms with Crippen molar-refractivity contribution in [3.63, 3.8) is 0 Å². The monoisotopic (exact) mass is 292 g/mol. The second-order valence-electron chi connectivity index (χ2n) is 4.08. The maximum Gasteiger partial charge on any atom is 0.402 e. The molecule has 0 aliphatic rings. The molecule has 0 fully saturated rings. The number of alkyl halides is 3. The van der Waals surface area contributed by atoms with Crippen molar-refractivity contribution in [3.05, 3.63) is 23.8 Å². The SMILES string of the molecule is COc1cc(C)ccc1OCC(/C(N)=N/O)C(F)(F)F. The highest BCUT2D eigenvalue weighted by atomic mass is 19.4. The number of benzene rings is 1. The van der Waals surface area contributed by atoms with Gasteiger partial charge in [0.2, 0.25) is 0 Å². The van der Waals surface area contributed by atoms with Crippen LogP contribution in [0.15, 0.2) is 23.4 Å². The second kappa shape index (κ2) is 6.36. The fourth-order valence-electron chi connectivity index (χ4n) is 1.48. The minimum absolute atomic E-state index is 0.151. The number of nitrogens with zero attached hydrogens (tertiary/aromatic N) is 1. The van der Waals surface area contributed by atoms with Crippen molar-refractivity contribution >= 4 is 5.84 Å². The van der Waals surface area contributed by atoms with Gasteiger partial charge >= 0.3 is 6.18 Å². The van der Waals surface area contributed by atoms with E-state index in [0.717, 1.165) is 5.56 Å². The van der Waals surface area contributed by atoms with Crippen LogP contribution in [0.5, 0.6) is 11.5 Å². The molecule has 1 aromatic carbocycles. The Kier molecular flexibility index (Phi) is 5.06. The molecule has 0 radical (unpaired) electrons. The second-order valence-corrected chi connectivity index (χ2v) is 4.08. The Balaban J connectivity index is 2.88. The number of rotatable bonds is 5. The molecule has 8 heteroatoms. The summed E-state index contributed by atoms with van der Waals surface area (Å²) in [5.41, 5.74) is 5.90. The van der Waals surface area contributed by atoms with E-state index >= 15 is 0 Å². The van der Waals surface area contributed by atoms with Crippen molar-refractivity contribution < 1.29 is 27.9 Å². The quantitative estimate of drug-likeness (QED) is 0.378. The first kappa shape index (κ1) is 15.9. The Morgan fingerprint density at radius 1 is 1.40 bits per heavy atom. The van der Waals surface area contributed by atoms with E-state index in [0.29, 0.717) is 5.75 Å². The molecule has 0 bridgehead atoms. The Morgan fingerprint density at radius 2 is 2.05 bits per heavy atom. The molecule has 1 atom stereocenters. The van der Waals surface area contributed by atoms with Crippen molar-refractivity contribution in [1.82, 2.24) is 0 Å². The highest BCUT2D eigenvalue weighted by Crippen LogP contribution is 2.31. The van der Waals surface area contributed by atoms with E-state index in [-0.39, 0.29) is 5.75 Å². The lowest BCUT2D eigenvalue weighted by atomic mass is 10.1. The van der Waals surface area contributed by atoms with Gasteiger partial charge in [0.25, 0.3) is 0 Å². The zero-order valence-corrected chi connectivity index (χ0v) is 10.9. The molecule has 3 N–H and O–H groups in total. The molecule has 0 aliphatic heterocycles. The molecule has 0 aliphatic carbocycles. The van der Waals surface area contributed by atoms with E-state index in [1.165, 1.54) is 13.2 Å². The van der Waals surface area contributed by atoms with E-state index in [2.05, 4.69) is 5.16 Å². The normalized spacial score (nSPS) is 13.9. The van der Waals surface area contributed by atoms with Crippen molar-refractivity contribution in [1.29, 1.82) is 0 Å². The van der Waals surface area contributed by atoms with Gasteiger partial charge in [0.15, 0.2) is 17.3 Å². The number of methoxy groups -OCH3 is 1. The summed E-state index contributed by atoms with van der Waals surface area (Å²) in [5.74, 6) is -2.69. The predicted molar refractivity (Wildman–Crippen MR) is 66.2 cm³/mol. The zero-order chi connectivity index (χ0) is 15.3. The van der Waals surface area contributed by atoms with Gasteiger partial charge in [-0.1, -0.05) is 11.2 Å². The van der Waals surface area contributed by atoms with Crippen LogP contribution >= 0.6 is 0 Å². The molecule has 1 aromatic rings. The Labute approximate surface area is 113 Å². The van der Waals surface area contributed by atoms with E-state index in [4.69, 9.17) is 20.4 Å². The molecule has 112 valence electrons. The highest BCUT2D eigenvalue weighted by molar-refractivity contribution is 5.83. The maximum atomic E-state index is 12.7. The topological polar surface area (TPSA) is 77.1 Å². The molecule has 0 saturated carbocycles. The summed E-state index contributed by atoms with van der Waals surface area (Å²) in [6.07, 6.45) is -4.67. The smallest absolute Gasteiger partial charge is 0.402 e. The highest BCUT2D eigenvalue weighted by Gasteiger charge is 2.43. The lowest BCUT2D eigenvalue weighted by Crippen LogP contribution is -2.40. The molecular weight excluding hydrogens is 277 g/mol. The summed E-state index contributed by atoms with van der Waals surface area (Å²) in [7, 11) is 1.38. The lowest BCUT2D eigenvalue weighted by molar-refractivity contribution is -0.162. The third-order valence-electron chi connectivity index (χ3n) is 2.59. The van der Waals surface area contributed by atoms with E-state index in [1.807, 2.05) is 0 Å². The molecule has 0 spiro atoms. The van der Waals surface area contributed by atoms with E-state index in [9.17, 15) is 13.2 Å². The fraction of sp³-hybridized carbons (Fsp3) is 0.417. The van der Waals surface area contributed by atoms with Crippen LogP contribution in [0.1, 0.15) is 5.56 Å². The van der Waals surface area contributed by atoms with Crippen molar-refractivity contribution in [2.24, 2.45) is 16.8 Å². The lowest BCUT2D eigenvalue weighted by Gasteiger charge is -2.20. The average Bonchev–Trinajstić information content (AvgIpc) is 2.38. The number of ether oxygens (including phenoxy) is 2. The van der Waals surface area contributed by atoms with Crippen LogP contribution in [-0.4, -0.2) is 30.9 Å². The average molecular weight is 292 g/mol. The van der Waals surface area contributed by atoms with Gasteiger partial charge in [0.1, 0.15) is 12.5 Å². The van der Waals surface area contributed by atoms with Gasteiger partial charge in [-0.05, 0) is 24.6 Å². The first-order valence-electron chi connectivity index (χ1n) is 5.61. The van der Waals surface area contributed by atoms with Crippen LogP contribution in [0.2, 0.25) is 0 Å². The Morgan fingerprint density at radius 3 is 2.55 bits per heavy atom. The Bertz CT molecular complexity index is 489. The number of hydrogen-bond acceptors (Lipinski definition) is 4. The van der Waals surface area contributed by atoms with Crippen LogP contribution in [-0.2, 0) is 0 Å². The van der Waals surface area contributed by atoms with E-state index in [1.54, 1.807) is 19.1 Å². The first-order valence-corrected chi connectivity index (χ1v) is 5.61. The summed E-state index contributed by atoms with van der Waals surface area (Å²) < 4.78 is 48.3. The molecule has 0 heterocycles. The van der Waals surface area contributed by atoms with Crippen LogP contribution in [0.4, 0.5) is 13.2 Å². The standard InChI is InChI=1S/C12H15F3N2O3/c1-7-3-4-9(10(5-7)19-2)20-6-8(11(16)17-18)12(13,14)15/h3-5,8,18H,6H2,1-2H3,(H2,16,17). The summed E-state index contributed by atoms with van der Waals surface area (Å²) in [5, 5.41) is 10.8. The first-order chi connectivity index (χ1) is 9.29. The third-order valence-corrected chi connectivity index (χ3v) is 2.59. The molecule has 0 saturated heterocycles. The van der Waals surface area contributed by atoms with Crippen LogP contribution in [0.3, 0.4) is 0 Å².